The molecule has 0 aliphatic rings. The number of hydrogen-bond donors (Lipinski definition) is 2. The molecule has 0 aliphatic carbocycles. The summed E-state index contributed by atoms with van der Waals surface area (Å²) >= 11 is 0. The molecule has 0 heterocycles. The molecule has 0 amide bonds. The van der Waals surface area contributed by atoms with E-state index in [1.54, 1.807) is 0 Å². The maximum Gasteiger partial charge on any atom is 0.240 e. The van der Waals surface area contributed by atoms with Gasteiger partial charge >= 0.3 is 0 Å². The van der Waals surface area contributed by atoms with Crippen LogP contribution in [-0.4, -0.2) is 18.9 Å². The van der Waals surface area contributed by atoms with Gasteiger partial charge in [-0.25, -0.2) is 8.78 Å². The minimum absolute atomic E-state index is 0. The summed E-state index contributed by atoms with van der Waals surface area (Å²) in [4.78, 5) is 3.36. The Morgan fingerprint density at radius 1 is 1.44 bits per heavy atom. The molecule has 0 bridgehead atoms. The highest BCUT2D eigenvalue weighted by Crippen LogP contribution is 1.97. The largest absolute Gasteiger partial charge is 0.370 e. The smallest absolute Gasteiger partial charge is 0.240 e. The maximum absolute atomic E-state index is 11.3. The van der Waals surface area contributed by atoms with Gasteiger partial charge in [-0.3, -0.25) is 4.99 Å². The van der Waals surface area contributed by atoms with E-state index in [2.05, 4.69) is 4.99 Å². The van der Waals surface area contributed by atoms with Gasteiger partial charge in [-0.15, -0.1) is 0 Å². The Kier molecular flexibility index (Phi) is 3.66. The molecule has 0 spiro atoms. The molecule has 0 aromatic rings. The maximum atomic E-state index is 11.3. The molecule has 0 rings (SSSR count). The van der Waals surface area contributed by atoms with Gasteiger partial charge in [0, 0.05) is 13.0 Å². The molecular formula is C4H9F2N3. The molecule has 0 saturated carbocycles. The molecule has 4 N–H and O–H groups in total. The molecule has 0 fully saturated rings. The molecular weight excluding hydrogens is 128 g/mol. The second-order valence-corrected chi connectivity index (χ2v) is 1.49. The van der Waals surface area contributed by atoms with Gasteiger partial charge in [-0.2, -0.15) is 0 Å². The van der Waals surface area contributed by atoms with Crippen LogP contribution in [0.3, 0.4) is 0 Å². The summed E-state index contributed by atoms with van der Waals surface area (Å²) in [6, 6.07) is 0. The monoisotopic (exact) mass is 137 g/mol. The summed E-state index contributed by atoms with van der Waals surface area (Å²) in [5.41, 5.74) is 9.72. The molecule has 0 saturated heterocycles. The average molecular weight is 137 g/mol. The van der Waals surface area contributed by atoms with Crippen molar-refractivity contribution in [2.75, 3.05) is 6.54 Å². The Balaban J connectivity index is 3.20. The number of nitrogens with zero attached hydrogens (tertiary/aromatic N) is 1. The van der Waals surface area contributed by atoms with Crippen molar-refractivity contribution in [2.24, 2.45) is 16.5 Å². The first-order chi connectivity index (χ1) is 4.13. The van der Waals surface area contributed by atoms with E-state index in [-0.39, 0.29) is 18.9 Å². The van der Waals surface area contributed by atoms with E-state index >= 15 is 0 Å². The molecule has 0 unspecified atom stereocenters. The predicted octanol–water partition coefficient (Wildman–Crippen LogP) is -0.0850. The minimum atomic E-state index is -2.33. The van der Waals surface area contributed by atoms with Crippen LogP contribution in [0.4, 0.5) is 8.78 Å². The van der Waals surface area contributed by atoms with Crippen LogP contribution in [0.15, 0.2) is 4.99 Å². The van der Waals surface area contributed by atoms with Gasteiger partial charge in [-0.05, 0) is 0 Å². The molecule has 0 aliphatic heterocycles. The lowest BCUT2D eigenvalue weighted by atomic mass is 10.4. The van der Waals surface area contributed by atoms with Crippen LogP contribution < -0.4 is 11.5 Å². The number of aliphatic imine (C=N–C) groups is 1. The first-order valence-corrected chi connectivity index (χ1v) is 2.46. The van der Waals surface area contributed by atoms with Gasteiger partial charge in [0.1, 0.15) is 0 Å². The summed E-state index contributed by atoms with van der Waals surface area (Å²) in [7, 11) is 0. The molecule has 0 aromatic carbocycles. The standard InChI is InChI=1S/C4H9F2N3/c5-3(6)1-2-9-4(7)8/h3H,1-2H2,(H4,7,8,9). The lowest BCUT2D eigenvalue weighted by molar-refractivity contribution is 0.141. The third-order valence-electron chi connectivity index (χ3n) is 0.642. The molecule has 0 radical (unpaired) electrons. The second-order valence-electron chi connectivity index (χ2n) is 1.49. The zero-order valence-corrected chi connectivity index (χ0v) is 4.85. The summed E-state index contributed by atoms with van der Waals surface area (Å²) in [5, 5.41) is 0. The van der Waals surface area contributed by atoms with Crippen LogP contribution in [0, 0.1) is 0 Å². The number of guanidine groups is 1. The Bertz CT molecular complexity index is 98.0. The number of rotatable bonds is 3. The van der Waals surface area contributed by atoms with Crippen molar-refractivity contribution in [1.29, 1.82) is 0 Å². The van der Waals surface area contributed by atoms with E-state index in [0.29, 0.717) is 0 Å². The Hall–Kier alpha value is -0.870. The van der Waals surface area contributed by atoms with Crippen molar-refractivity contribution in [3.63, 3.8) is 0 Å². The van der Waals surface area contributed by atoms with Crippen molar-refractivity contribution in [3.05, 3.63) is 0 Å². The van der Waals surface area contributed by atoms with Crippen molar-refractivity contribution in [2.45, 2.75) is 12.8 Å². The highest BCUT2D eigenvalue weighted by atomic mass is 19.3. The topological polar surface area (TPSA) is 64.4 Å². The van der Waals surface area contributed by atoms with Crippen LogP contribution in [0.1, 0.15) is 6.42 Å². The van der Waals surface area contributed by atoms with E-state index in [1.165, 1.54) is 0 Å². The van der Waals surface area contributed by atoms with Crippen molar-refractivity contribution in [3.8, 4) is 0 Å². The van der Waals surface area contributed by atoms with Crippen LogP contribution in [0.5, 0.6) is 0 Å². The molecule has 3 nitrogen and oxygen atoms in total. The third kappa shape index (κ3) is 7.13. The number of halogens is 2. The minimum Gasteiger partial charge on any atom is -0.370 e. The van der Waals surface area contributed by atoms with Crippen molar-refractivity contribution >= 4 is 5.96 Å². The normalized spacial score (nSPS) is 9.67. The molecule has 5 heteroatoms. The number of hydrogen-bond acceptors (Lipinski definition) is 1. The van der Waals surface area contributed by atoms with E-state index in [1.807, 2.05) is 0 Å². The predicted molar refractivity (Wildman–Crippen MR) is 31.3 cm³/mol. The van der Waals surface area contributed by atoms with E-state index in [0.717, 1.165) is 0 Å². The first-order valence-electron chi connectivity index (χ1n) is 2.46. The fraction of sp³-hybridized carbons (Fsp3) is 0.750. The van der Waals surface area contributed by atoms with Crippen LogP contribution in [0.25, 0.3) is 0 Å². The van der Waals surface area contributed by atoms with E-state index in [4.69, 9.17) is 11.5 Å². The fourth-order valence-corrected chi connectivity index (χ4v) is 0.291. The van der Waals surface area contributed by atoms with Crippen LogP contribution >= 0.6 is 0 Å². The van der Waals surface area contributed by atoms with Gasteiger partial charge < -0.3 is 11.5 Å². The molecule has 0 aromatic heterocycles. The fourth-order valence-electron chi connectivity index (χ4n) is 0.291. The molecule has 0 atom stereocenters. The van der Waals surface area contributed by atoms with Crippen molar-refractivity contribution < 1.29 is 8.78 Å². The van der Waals surface area contributed by atoms with Crippen molar-refractivity contribution in [1.82, 2.24) is 0 Å². The van der Waals surface area contributed by atoms with Crippen LogP contribution in [0.2, 0.25) is 0 Å². The highest BCUT2D eigenvalue weighted by molar-refractivity contribution is 5.75. The van der Waals surface area contributed by atoms with E-state index in [9.17, 15) is 8.78 Å². The number of alkyl halides is 2. The lowest BCUT2D eigenvalue weighted by Crippen LogP contribution is -2.23. The Labute approximate surface area is 51.7 Å². The zero-order valence-electron chi connectivity index (χ0n) is 4.85. The second kappa shape index (κ2) is 4.05. The van der Waals surface area contributed by atoms with Gasteiger partial charge in [0.2, 0.25) is 6.43 Å². The van der Waals surface area contributed by atoms with Gasteiger partial charge in [0.25, 0.3) is 0 Å². The summed E-state index contributed by atoms with van der Waals surface area (Å²) in [6.07, 6.45) is -2.61. The molecule has 9 heavy (non-hydrogen) atoms. The lowest BCUT2D eigenvalue weighted by Gasteiger charge is -1.93. The first kappa shape index (κ1) is 8.13. The Morgan fingerprint density at radius 2 is 2.00 bits per heavy atom. The van der Waals surface area contributed by atoms with E-state index < -0.39 is 6.43 Å². The summed E-state index contributed by atoms with van der Waals surface area (Å²) in [6.45, 7) is 0. The average Bonchev–Trinajstić information content (AvgIpc) is 1.63. The zero-order chi connectivity index (χ0) is 7.28. The van der Waals surface area contributed by atoms with Crippen LogP contribution in [-0.2, 0) is 0 Å². The van der Waals surface area contributed by atoms with Gasteiger partial charge in [0.05, 0.1) is 0 Å². The van der Waals surface area contributed by atoms with Gasteiger partial charge in [-0.1, -0.05) is 0 Å². The summed E-state index contributed by atoms with van der Waals surface area (Å²) < 4.78 is 22.7. The quantitative estimate of drug-likeness (QED) is 0.422. The summed E-state index contributed by atoms with van der Waals surface area (Å²) in [5.74, 6) is -0.143. The van der Waals surface area contributed by atoms with Gasteiger partial charge in [0.15, 0.2) is 5.96 Å². The SMILES string of the molecule is NC(N)=NCCC(F)F. The highest BCUT2D eigenvalue weighted by Gasteiger charge is 1.98. The Morgan fingerprint density at radius 3 is 2.33 bits per heavy atom. The molecule has 54 valence electrons. The number of nitrogens with two attached hydrogens (primary N) is 2. The third-order valence-corrected chi connectivity index (χ3v) is 0.642.